The third kappa shape index (κ3) is 1.83. The van der Waals surface area contributed by atoms with E-state index in [1.807, 2.05) is 0 Å². The number of Topliss-reactive ketones (excluding diaryl/α,β-unsaturated/α-hetero) is 1. The Kier molecular flexibility index (Phi) is 2.49. The average Bonchev–Trinajstić information content (AvgIpc) is 2.02. The highest BCUT2D eigenvalue weighted by molar-refractivity contribution is 5.97. The summed E-state index contributed by atoms with van der Waals surface area (Å²) in [5, 5.41) is 0. The zero-order valence-corrected chi connectivity index (χ0v) is 8.25. The molecule has 2 rings (SSSR count). The van der Waals surface area contributed by atoms with Crippen molar-refractivity contribution >= 4 is 5.78 Å². The minimum Gasteiger partial charge on any atom is -0.302 e. The van der Waals surface area contributed by atoms with E-state index in [2.05, 4.69) is 18.0 Å². The minimum atomic E-state index is 0.384. The van der Waals surface area contributed by atoms with Crippen molar-refractivity contribution in [2.45, 2.75) is 25.7 Å². The van der Waals surface area contributed by atoms with Crippen LogP contribution in [0, 0.1) is 5.92 Å². The average molecular weight is 179 g/mol. The molecule has 0 aromatic heterocycles. The van der Waals surface area contributed by atoms with Gasteiger partial charge in [0.1, 0.15) is 0 Å². The van der Waals surface area contributed by atoms with Gasteiger partial charge in [-0.25, -0.2) is 0 Å². The first-order valence-corrected chi connectivity index (χ1v) is 5.19. The highest BCUT2D eigenvalue weighted by Gasteiger charge is 2.28. The Morgan fingerprint density at radius 2 is 2.31 bits per heavy atom. The van der Waals surface area contributed by atoms with Crippen molar-refractivity contribution in [1.82, 2.24) is 4.90 Å². The monoisotopic (exact) mass is 179 g/mol. The van der Waals surface area contributed by atoms with Crippen LogP contribution in [0.3, 0.4) is 0 Å². The van der Waals surface area contributed by atoms with Crippen molar-refractivity contribution < 1.29 is 4.79 Å². The van der Waals surface area contributed by atoms with E-state index in [9.17, 15) is 4.79 Å². The van der Waals surface area contributed by atoms with Crippen LogP contribution < -0.4 is 0 Å². The van der Waals surface area contributed by atoms with Gasteiger partial charge in [-0.05, 0) is 31.9 Å². The van der Waals surface area contributed by atoms with Gasteiger partial charge in [0.25, 0.3) is 0 Å². The quantitative estimate of drug-likeness (QED) is 0.642. The predicted octanol–water partition coefficient (Wildman–Crippen LogP) is 1.62. The molecule has 2 nitrogen and oxygen atoms in total. The van der Waals surface area contributed by atoms with Crippen LogP contribution in [0.5, 0.6) is 0 Å². The van der Waals surface area contributed by atoms with Crippen molar-refractivity contribution in [3.05, 3.63) is 11.6 Å². The minimum absolute atomic E-state index is 0.384. The number of carbonyl (C=O) groups excluding carboxylic acids is 1. The zero-order chi connectivity index (χ0) is 9.26. The molecule has 0 atom stereocenters. The molecule has 2 heteroatoms. The van der Waals surface area contributed by atoms with Gasteiger partial charge in [0.2, 0.25) is 0 Å². The second-order valence-corrected chi connectivity index (χ2v) is 4.23. The maximum absolute atomic E-state index is 11.8. The summed E-state index contributed by atoms with van der Waals surface area (Å²) in [4.78, 5) is 14.0. The first-order chi connectivity index (χ1) is 6.27. The van der Waals surface area contributed by atoms with E-state index in [-0.39, 0.29) is 0 Å². The molecule has 0 spiro atoms. The maximum Gasteiger partial charge on any atom is 0.161 e. The molecule has 0 bridgehead atoms. The van der Waals surface area contributed by atoms with Crippen LogP contribution >= 0.6 is 0 Å². The van der Waals surface area contributed by atoms with Crippen molar-refractivity contribution in [3.63, 3.8) is 0 Å². The summed E-state index contributed by atoms with van der Waals surface area (Å²) < 4.78 is 0. The fourth-order valence-corrected chi connectivity index (χ4v) is 1.93. The lowest BCUT2D eigenvalue weighted by Gasteiger charge is -2.28. The molecule has 0 aromatic rings. The van der Waals surface area contributed by atoms with E-state index in [4.69, 9.17) is 0 Å². The highest BCUT2D eigenvalue weighted by atomic mass is 16.1. The summed E-state index contributed by atoms with van der Waals surface area (Å²) in [6.45, 7) is 2.00. The van der Waals surface area contributed by atoms with Gasteiger partial charge < -0.3 is 4.90 Å². The molecule has 0 N–H and O–H groups in total. The summed E-state index contributed by atoms with van der Waals surface area (Å²) in [5.41, 5.74) is 1.10. The van der Waals surface area contributed by atoms with Crippen molar-refractivity contribution in [2.24, 2.45) is 5.92 Å². The Hall–Kier alpha value is -0.630. The Labute approximate surface area is 79.6 Å². The summed E-state index contributed by atoms with van der Waals surface area (Å²) in [5.74, 6) is 0.828. The molecule has 0 unspecified atom stereocenters. The van der Waals surface area contributed by atoms with E-state index >= 15 is 0 Å². The third-order valence-corrected chi connectivity index (χ3v) is 3.20. The zero-order valence-electron chi connectivity index (χ0n) is 8.25. The third-order valence-electron chi connectivity index (χ3n) is 3.20. The van der Waals surface area contributed by atoms with Gasteiger partial charge in [-0.1, -0.05) is 12.5 Å². The van der Waals surface area contributed by atoms with Gasteiger partial charge in [-0.3, -0.25) is 4.79 Å². The lowest BCUT2D eigenvalue weighted by molar-refractivity contribution is -0.121. The van der Waals surface area contributed by atoms with Gasteiger partial charge in [0, 0.05) is 19.0 Å². The van der Waals surface area contributed by atoms with Crippen LogP contribution in [-0.2, 0) is 4.79 Å². The van der Waals surface area contributed by atoms with E-state index in [1.54, 1.807) is 0 Å². The number of rotatable bonds is 2. The molecule has 13 heavy (non-hydrogen) atoms. The number of carbonyl (C=O) groups is 1. The molecule has 0 radical (unpaired) electrons. The van der Waals surface area contributed by atoms with Crippen LogP contribution in [0.15, 0.2) is 11.6 Å². The number of hydrogen-bond acceptors (Lipinski definition) is 2. The topological polar surface area (TPSA) is 20.3 Å². The fraction of sp³-hybridized carbons (Fsp3) is 0.727. The number of hydrogen-bond donors (Lipinski definition) is 0. The van der Waals surface area contributed by atoms with Crippen LogP contribution in [0.2, 0.25) is 0 Å². The summed E-state index contributed by atoms with van der Waals surface area (Å²) in [7, 11) is 2.10. The second-order valence-electron chi connectivity index (χ2n) is 4.23. The van der Waals surface area contributed by atoms with Gasteiger partial charge in [0.15, 0.2) is 5.78 Å². The molecule has 1 heterocycles. The molecular formula is C11H17NO. The van der Waals surface area contributed by atoms with Gasteiger partial charge in [-0.2, -0.15) is 0 Å². The van der Waals surface area contributed by atoms with E-state index in [1.165, 1.54) is 6.42 Å². The van der Waals surface area contributed by atoms with Crippen LogP contribution in [-0.4, -0.2) is 30.8 Å². The molecule has 1 aliphatic carbocycles. The number of ketones is 1. The van der Waals surface area contributed by atoms with Gasteiger partial charge in [0.05, 0.1) is 0 Å². The number of likely N-dealkylation sites (N-methyl/N-ethyl adjacent to an activating group) is 1. The smallest absolute Gasteiger partial charge is 0.161 e. The Balaban J connectivity index is 1.96. The molecule has 0 aromatic carbocycles. The summed E-state index contributed by atoms with van der Waals surface area (Å²) in [6.07, 6.45) is 6.59. The normalized spacial score (nSPS) is 25.2. The standard InChI is InChI=1S/C11H17NO/c1-12-7-5-10(6-8-12)11(13)9-3-2-4-9/h5,9H,2-4,6-8H2,1H3. The highest BCUT2D eigenvalue weighted by Crippen LogP contribution is 2.30. The van der Waals surface area contributed by atoms with E-state index in [0.29, 0.717) is 11.7 Å². The molecule has 72 valence electrons. The fourth-order valence-electron chi connectivity index (χ4n) is 1.93. The lowest BCUT2D eigenvalue weighted by atomic mass is 9.79. The van der Waals surface area contributed by atoms with E-state index < -0.39 is 0 Å². The molecule has 1 aliphatic heterocycles. The first-order valence-electron chi connectivity index (χ1n) is 5.19. The predicted molar refractivity (Wildman–Crippen MR) is 52.5 cm³/mol. The van der Waals surface area contributed by atoms with Crippen molar-refractivity contribution in [1.29, 1.82) is 0 Å². The molecule has 1 fully saturated rings. The van der Waals surface area contributed by atoms with Crippen LogP contribution in [0.25, 0.3) is 0 Å². The van der Waals surface area contributed by atoms with Crippen molar-refractivity contribution in [2.75, 3.05) is 20.1 Å². The van der Waals surface area contributed by atoms with Crippen LogP contribution in [0.4, 0.5) is 0 Å². The Morgan fingerprint density at radius 3 is 2.77 bits per heavy atom. The largest absolute Gasteiger partial charge is 0.302 e. The Morgan fingerprint density at radius 1 is 1.54 bits per heavy atom. The molecule has 2 aliphatic rings. The first kappa shape index (κ1) is 8.95. The molecule has 1 saturated carbocycles. The molecule has 0 saturated heterocycles. The van der Waals surface area contributed by atoms with Gasteiger partial charge in [-0.15, -0.1) is 0 Å². The lowest BCUT2D eigenvalue weighted by Crippen LogP contribution is -2.30. The van der Waals surface area contributed by atoms with Crippen LogP contribution in [0.1, 0.15) is 25.7 Å². The number of nitrogens with zero attached hydrogens (tertiary/aromatic N) is 1. The Bertz CT molecular complexity index is 240. The SMILES string of the molecule is CN1CC=C(C(=O)C2CCC2)CC1. The summed E-state index contributed by atoms with van der Waals surface area (Å²) >= 11 is 0. The second kappa shape index (κ2) is 3.62. The van der Waals surface area contributed by atoms with E-state index in [0.717, 1.165) is 37.9 Å². The van der Waals surface area contributed by atoms with Gasteiger partial charge >= 0.3 is 0 Å². The van der Waals surface area contributed by atoms with Crippen molar-refractivity contribution in [3.8, 4) is 0 Å². The maximum atomic E-state index is 11.8. The molecular weight excluding hydrogens is 162 g/mol. The molecule has 0 amide bonds. The summed E-state index contributed by atoms with van der Waals surface area (Å²) in [6, 6.07) is 0.